The Morgan fingerprint density at radius 2 is 2.10 bits per heavy atom. The third-order valence-electron chi connectivity index (χ3n) is 4.97. The number of piperazine rings is 1. The molecule has 1 saturated heterocycles. The van der Waals surface area contributed by atoms with Crippen LogP contribution in [-0.4, -0.2) is 25.2 Å². The second-order valence-electron chi connectivity index (χ2n) is 6.52. The van der Waals surface area contributed by atoms with Crippen LogP contribution in [0.15, 0.2) is 18.2 Å². The van der Waals surface area contributed by atoms with Crippen molar-refractivity contribution in [1.82, 2.24) is 5.32 Å². The molecular weight excluding hydrogens is 244 g/mol. The molecule has 0 radical (unpaired) electrons. The van der Waals surface area contributed by atoms with Gasteiger partial charge in [-0.1, -0.05) is 25.5 Å². The van der Waals surface area contributed by atoms with Gasteiger partial charge in [-0.25, -0.2) is 0 Å². The zero-order valence-electron chi connectivity index (χ0n) is 13.0. The Morgan fingerprint density at radius 1 is 1.25 bits per heavy atom. The van der Waals surface area contributed by atoms with E-state index >= 15 is 0 Å². The van der Waals surface area contributed by atoms with Gasteiger partial charge in [-0.3, -0.25) is 0 Å². The number of benzene rings is 1. The lowest BCUT2D eigenvalue weighted by Crippen LogP contribution is -2.55. The molecule has 1 aromatic rings. The van der Waals surface area contributed by atoms with Gasteiger partial charge in [-0.2, -0.15) is 0 Å². The number of nitrogens with zero attached hydrogens (tertiary/aromatic N) is 1. The quantitative estimate of drug-likeness (QED) is 0.905. The van der Waals surface area contributed by atoms with E-state index in [0.29, 0.717) is 12.1 Å². The number of rotatable bonds is 3. The first kappa shape index (κ1) is 13.9. The molecule has 3 rings (SSSR count). The Labute approximate surface area is 123 Å². The SMILES string of the molecule is CCCC1CN(c2cccc3c2CCCC3)C(C)CN1. The average Bonchev–Trinajstić information content (AvgIpc) is 2.49. The van der Waals surface area contributed by atoms with E-state index in [1.54, 1.807) is 11.1 Å². The van der Waals surface area contributed by atoms with E-state index < -0.39 is 0 Å². The summed E-state index contributed by atoms with van der Waals surface area (Å²) in [6, 6.07) is 8.24. The third-order valence-corrected chi connectivity index (χ3v) is 4.97. The Kier molecular flexibility index (Phi) is 4.30. The molecule has 1 aliphatic heterocycles. The molecule has 2 aliphatic rings. The minimum absolute atomic E-state index is 0.608. The van der Waals surface area contributed by atoms with Gasteiger partial charge in [0.05, 0.1) is 0 Å². The standard InChI is InChI=1S/C18H28N2/c1-3-7-16-13-20(14(2)12-19-16)18-11-6-9-15-8-4-5-10-17(15)18/h6,9,11,14,16,19H,3-5,7-8,10,12-13H2,1-2H3. The van der Waals surface area contributed by atoms with E-state index in [0.717, 1.165) is 6.54 Å². The first-order valence-corrected chi connectivity index (χ1v) is 8.40. The van der Waals surface area contributed by atoms with Crippen molar-refractivity contribution in [3.8, 4) is 0 Å². The van der Waals surface area contributed by atoms with Gasteiger partial charge in [0.1, 0.15) is 0 Å². The van der Waals surface area contributed by atoms with Crippen LogP contribution in [0, 0.1) is 0 Å². The molecule has 1 fully saturated rings. The number of anilines is 1. The molecule has 1 aliphatic carbocycles. The molecule has 2 unspecified atom stereocenters. The first-order chi connectivity index (χ1) is 9.79. The van der Waals surface area contributed by atoms with Gasteiger partial charge in [0, 0.05) is 30.9 Å². The Balaban J connectivity index is 1.87. The Bertz CT molecular complexity index is 455. The molecule has 0 aromatic heterocycles. The van der Waals surface area contributed by atoms with Crippen molar-refractivity contribution in [1.29, 1.82) is 0 Å². The summed E-state index contributed by atoms with van der Waals surface area (Å²) >= 11 is 0. The maximum absolute atomic E-state index is 3.71. The Morgan fingerprint density at radius 3 is 2.95 bits per heavy atom. The van der Waals surface area contributed by atoms with Crippen LogP contribution in [0.5, 0.6) is 0 Å². The molecule has 1 aromatic carbocycles. The normalized spacial score (nSPS) is 26.4. The topological polar surface area (TPSA) is 15.3 Å². The summed E-state index contributed by atoms with van der Waals surface area (Å²) in [5, 5.41) is 3.71. The monoisotopic (exact) mass is 272 g/mol. The summed E-state index contributed by atoms with van der Waals surface area (Å²) < 4.78 is 0. The molecule has 0 amide bonds. The molecule has 0 spiro atoms. The highest BCUT2D eigenvalue weighted by Gasteiger charge is 2.27. The van der Waals surface area contributed by atoms with Crippen LogP contribution in [0.2, 0.25) is 0 Å². The minimum atomic E-state index is 0.608. The smallest absolute Gasteiger partial charge is 0.0404 e. The minimum Gasteiger partial charge on any atom is -0.366 e. The molecule has 110 valence electrons. The van der Waals surface area contributed by atoms with Crippen LogP contribution in [0.4, 0.5) is 5.69 Å². The summed E-state index contributed by atoms with van der Waals surface area (Å²) in [7, 11) is 0. The average molecular weight is 272 g/mol. The second-order valence-corrected chi connectivity index (χ2v) is 6.52. The van der Waals surface area contributed by atoms with Gasteiger partial charge in [0.25, 0.3) is 0 Å². The molecule has 0 saturated carbocycles. The van der Waals surface area contributed by atoms with Gasteiger partial charge in [0.2, 0.25) is 0 Å². The maximum Gasteiger partial charge on any atom is 0.0404 e. The summed E-state index contributed by atoms with van der Waals surface area (Å²) in [6.07, 6.45) is 7.85. The zero-order chi connectivity index (χ0) is 13.9. The molecule has 1 heterocycles. The van der Waals surface area contributed by atoms with Crippen molar-refractivity contribution in [2.75, 3.05) is 18.0 Å². The molecular formula is C18H28N2. The summed E-state index contributed by atoms with van der Waals surface area (Å²) in [4.78, 5) is 2.67. The van der Waals surface area contributed by atoms with E-state index in [4.69, 9.17) is 0 Å². The molecule has 2 atom stereocenters. The lowest BCUT2D eigenvalue weighted by Gasteiger charge is -2.42. The summed E-state index contributed by atoms with van der Waals surface area (Å²) in [5.41, 5.74) is 4.77. The first-order valence-electron chi connectivity index (χ1n) is 8.40. The van der Waals surface area contributed by atoms with Crippen LogP contribution >= 0.6 is 0 Å². The summed E-state index contributed by atoms with van der Waals surface area (Å²) in [5.74, 6) is 0. The van der Waals surface area contributed by atoms with Gasteiger partial charge in [-0.15, -0.1) is 0 Å². The lowest BCUT2D eigenvalue weighted by molar-refractivity contribution is 0.385. The highest BCUT2D eigenvalue weighted by molar-refractivity contribution is 5.58. The number of aryl methyl sites for hydroxylation is 1. The van der Waals surface area contributed by atoms with E-state index in [1.165, 1.54) is 50.8 Å². The predicted octanol–water partition coefficient (Wildman–Crippen LogP) is 3.53. The van der Waals surface area contributed by atoms with Crippen LogP contribution < -0.4 is 10.2 Å². The molecule has 2 nitrogen and oxygen atoms in total. The zero-order valence-corrected chi connectivity index (χ0v) is 13.0. The van der Waals surface area contributed by atoms with Crippen LogP contribution in [0.25, 0.3) is 0 Å². The largest absolute Gasteiger partial charge is 0.366 e. The van der Waals surface area contributed by atoms with Gasteiger partial charge in [-0.05, 0) is 56.2 Å². The van der Waals surface area contributed by atoms with Crippen molar-refractivity contribution >= 4 is 5.69 Å². The number of fused-ring (bicyclic) bond motifs is 1. The highest BCUT2D eigenvalue weighted by atomic mass is 15.2. The Hall–Kier alpha value is -1.02. The molecule has 0 bridgehead atoms. The number of hydrogen-bond acceptors (Lipinski definition) is 2. The van der Waals surface area contributed by atoms with Gasteiger partial charge in [0.15, 0.2) is 0 Å². The maximum atomic E-state index is 3.71. The van der Waals surface area contributed by atoms with E-state index in [9.17, 15) is 0 Å². The number of nitrogens with one attached hydrogen (secondary N) is 1. The highest BCUT2D eigenvalue weighted by Crippen LogP contribution is 2.32. The van der Waals surface area contributed by atoms with Crippen LogP contribution in [0.1, 0.15) is 50.7 Å². The fourth-order valence-corrected chi connectivity index (χ4v) is 3.84. The van der Waals surface area contributed by atoms with E-state index in [1.807, 2.05) is 0 Å². The van der Waals surface area contributed by atoms with Crippen molar-refractivity contribution < 1.29 is 0 Å². The van der Waals surface area contributed by atoms with Gasteiger partial charge >= 0.3 is 0 Å². The van der Waals surface area contributed by atoms with Crippen molar-refractivity contribution in [3.63, 3.8) is 0 Å². The van der Waals surface area contributed by atoms with Gasteiger partial charge < -0.3 is 10.2 Å². The van der Waals surface area contributed by atoms with E-state index in [2.05, 4.69) is 42.3 Å². The van der Waals surface area contributed by atoms with E-state index in [-0.39, 0.29) is 0 Å². The van der Waals surface area contributed by atoms with Crippen molar-refractivity contribution in [2.45, 2.75) is 64.5 Å². The number of hydrogen-bond donors (Lipinski definition) is 1. The van der Waals surface area contributed by atoms with Crippen molar-refractivity contribution in [3.05, 3.63) is 29.3 Å². The fourth-order valence-electron chi connectivity index (χ4n) is 3.84. The molecule has 1 N–H and O–H groups in total. The van der Waals surface area contributed by atoms with Crippen molar-refractivity contribution in [2.24, 2.45) is 0 Å². The summed E-state index contributed by atoms with van der Waals surface area (Å²) in [6.45, 7) is 6.94. The second kappa shape index (κ2) is 6.17. The predicted molar refractivity (Wildman–Crippen MR) is 86.6 cm³/mol. The van der Waals surface area contributed by atoms with Crippen LogP contribution in [0.3, 0.4) is 0 Å². The van der Waals surface area contributed by atoms with Crippen LogP contribution in [-0.2, 0) is 12.8 Å². The molecule has 20 heavy (non-hydrogen) atoms. The lowest BCUT2D eigenvalue weighted by atomic mass is 9.89. The molecule has 2 heteroatoms. The third kappa shape index (κ3) is 2.71. The fraction of sp³-hybridized carbons (Fsp3) is 0.667.